The molecule has 2 aromatic rings. The summed E-state index contributed by atoms with van der Waals surface area (Å²) >= 11 is 0. The highest BCUT2D eigenvalue weighted by Gasteiger charge is 2.20. The van der Waals surface area contributed by atoms with Gasteiger partial charge in [0.05, 0.1) is 11.1 Å². The van der Waals surface area contributed by atoms with E-state index in [2.05, 4.69) is 16.9 Å². The number of nitrogens with zero attached hydrogens (tertiary/aromatic N) is 1. The molecule has 1 heterocycles. The van der Waals surface area contributed by atoms with Crippen molar-refractivity contribution in [2.45, 2.75) is 20.0 Å². The highest BCUT2D eigenvalue weighted by Crippen LogP contribution is 2.19. The molecule has 0 spiro atoms. The Morgan fingerprint density at radius 3 is 2.86 bits per heavy atom. The van der Waals surface area contributed by atoms with Crippen molar-refractivity contribution in [1.29, 1.82) is 0 Å². The van der Waals surface area contributed by atoms with Crippen LogP contribution in [0.1, 0.15) is 23.0 Å². The molecule has 22 heavy (non-hydrogen) atoms. The summed E-state index contributed by atoms with van der Waals surface area (Å²) in [6, 6.07) is 8.99. The number of nitrogens with one attached hydrogen (secondary N) is 1. The molecule has 0 saturated heterocycles. The smallest absolute Gasteiger partial charge is 0.339 e. The molecule has 0 radical (unpaired) electrons. The molecule has 0 saturated carbocycles. The van der Waals surface area contributed by atoms with E-state index in [1.807, 2.05) is 25.1 Å². The zero-order chi connectivity index (χ0) is 16.1. The number of hydrogen-bond donors (Lipinski definition) is 1. The molecule has 1 aromatic carbocycles. The fraction of sp³-hybridized carbons (Fsp3) is 0.235. The average Bonchev–Trinajstić information content (AvgIpc) is 2.51. The molecule has 1 N–H and O–H groups in total. The number of rotatable bonds is 5. The van der Waals surface area contributed by atoms with Crippen LogP contribution < -0.4 is 5.32 Å². The van der Waals surface area contributed by atoms with E-state index >= 15 is 0 Å². The topological polar surface area (TPSA) is 68.3 Å². The Labute approximate surface area is 129 Å². The predicted octanol–water partition coefficient (Wildman–Crippen LogP) is 2.39. The summed E-state index contributed by atoms with van der Waals surface area (Å²) in [5, 5.41) is 3.30. The van der Waals surface area contributed by atoms with Crippen molar-refractivity contribution in [3.63, 3.8) is 0 Å². The van der Waals surface area contributed by atoms with Crippen LogP contribution in [-0.2, 0) is 9.53 Å². The van der Waals surface area contributed by atoms with Crippen molar-refractivity contribution in [3.8, 4) is 0 Å². The number of amides is 1. The lowest BCUT2D eigenvalue weighted by Gasteiger charge is -2.14. The zero-order valence-electron chi connectivity index (χ0n) is 12.6. The molecule has 2 rings (SSSR count). The van der Waals surface area contributed by atoms with Crippen molar-refractivity contribution >= 4 is 22.8 Å². The highest BCUT2D eigenvalue weighted by molar-refractivity contribution is 6.04. The van der Waals surface area contributed by atoms with Gasteiger partial charge in [-0.2, -0.15) is 0 Å². The van der Waals surface area contributed by atoms with Crippen LogP contribution in [0.25, 0.3) is 10.9 Å². The number of benzene rings is 1. The third-order valence-corrected chi connectivity index (χ3v) is 3.14. The van der Waals surface area contributed by atoms with Gasteiger partial charge in [0.25, 0.3) is 5.91 Å². The third kappa shape index (κ3) is 3.49. The first-order valence-electron chi connectivity index (χ1n) is 6.99. The summed E-state index contributed by atoms with van der Waals surface area (Å²) < 4.78 is 5.25. The van der Waals surface area contributed by atoms with E-state index in [-0.39, 0.29) is 5.91 Å². The second kappa shape index (κ2) is 6.85. The SMILES string of the molecule is C=CCNC(=O)[C@H](C)OC(=O)c1cc(C)nc2ccccc12. The monoisotopic (exact) mass is 298 g/mol. The third-order valence-electron chi connectivity index (χ3n) is 3.14. The second-order valence-corrected chi connectivity index (χ2v) is 4.91. The lowest BCUT2D eigenvalue weighted by molar-refractivity contribution is -0.128. The minimum absolute atomic E-state index is 0.331. The van der Waals surface area contributed by atoms with Crippen LogP contribution in [0.5, 0.6) is 0 Å². The Bertz CT molecular complexity index is 725. The molecule has 1 aromatic heterocycles. The summed E-state index contributed by atoms with van der Waals surface area (Å²) in [6.07, 6.45) is 0.686. The molecule has 0 fully saturated rings. The molecule has 5 nitrogen and oxygen atoms in total. The first-order valence-corrected chi connectivity index (χ1v) is 6.99. The van der Waals surface area contributed by atoms with Crippen molar-refractivity contribution in [2.75, 3.05) is 6.54 Å². The zero-order valence-corrected chi connectivity index (χ0v) is 12.6. The van der Waals surface area contributed by atoms with Crippen molar-refractivity contribution in [2.24, 2.45) is 0 Å². The largest absolute Gasteiger partial charge is 0.449 e. The van der Waals surface area contributed by atoms with Gasteiger partial charge in [0.2, 0.25) is 0 Å². The number of hydrogen-bond acceptors (Lipinski definition) is 4. The Morgan fingerprint density at radius 1 is 1.41 bits per heavy atom. The molecule has 0 bridgehead atoms. The fourth-order valence-electron chi connectivity index (χ4n) is 2.07. The summed E-state index contributed by atoms with van der Waals surface area (Å²) in [6.45, 7) is 7.19. The maximum atomic E-state index is 12.3. The maximum Gasteiger partial charge on any atom is 0.339 e. The molecule has 0 aliphatic rings. The number of pyridine rings is 1. The van der Waals surface area contributed by atoms with Crippen LogP contribution in [-0.4, -0.2) is 29.5 Å². The van der Waals surface area contributed by atoms with Gasteiger partial charge >= 0.3 is 5.97 Å². The molecule has 5 heteroatoms. The average molecular weight is 298 g/mol. The van der Waals surface area contributed by atoms with E-state index in [0.29, 0.717) is 17.5 Å². The van der Waals surface area contributed by atoms with Gasteiger partial charge in [0.15, 0.2) is 6.10 Å². The van der Waals surface area contributed by atoms with Gasteiger partial charge in [-0.15, -0.1) is 6.58 Å². The van der Waals surface area contributed by atoms with Crippen LogP contribution in [0, 0.1) is 6.92 Å². The summed E-state index contributed by atoms with van der Waals surface area (Å²) in [4.78, 5) is 28.5. The quantitative estimate of drug-likeness (QED) is 0.680. The maximum absolute atomic E-state index is 12.3. The van der Waals surface area contributed by atoms with Crippen LogP contribution >= 0.6 is 0 Å². The first-order chi connectivity index (χ1) is 10.5. The van der Waals surface area contributed by atoms with E-state index in [1.165, 1.54) is 6.92 Å². The van der Waals surface area contributed by atoms with Gasteiger partial charge in [-0.3, -0.25) is 9.78 Å². The summed E-state index contributed by atoms with van der Waals surface area (Å²) in [7, 11) is 0. The van der Waals surface area contributed by atoms with E-state index in [0.717, 1.165) is 11.2 Å². The molecule has 0 unspecified atom stereocenters. The minimum Gasteiger partial charge on any atom is -0.449 e. The Kier molecular flexibility index (Phi) is 4.88. The summed E-state index contributed by atoms with van der Waals surface area (Å²) in [5.74, 6) is -0.897. The van der Waals surface area contributed by atoms with Crippen molar-refractivity contribution in [3.05, 3.63) is 54.2 Å². The van der Waals surface area contributed by atoms with Gasteiger partial charge in [0.1, 0.15) is 0 Å². The Balaban J connectivity index is 2.23. The number of para-hydroxylation sites is 1. The number of aromatic nitrogens is 1. The van der Waals surface area contributed by atoms with E-state index in [1.54, 1.807) is 18.2 Å². The normalized spacial score (nSPS) is 11.7. The van der Waals surface area contributed by atoms with E-state index in [9.17, 15) is 9.59 Å². The Morgan fingerprint density at radius 2 is 2.14 bits per heavy atom. The molecule has 0 aliphatic carbocycles. The number of carbonyl (C=O) groups excluding carboxylic acids is 2. The number of ether oxygens (including phenoxy) is 1. The summed E-state index contributed by atoms with van der Waals surface area (Å²) in [5.41, 5.74) is 1.85. The van der Waals surface area contributed by atoms with Gasteiger partial charge in [-0.25, -0.2) is 4.79 Å². The molecular weight excluding hydrogens is 280 g/mol. The minimum atomic E-state index is -0.875. The van der Waals surface area contributed by atoms with Crippen molar-refractivity contribution < 1.29 is 14.3 Å². The molecule has 1 amide bonds. The fourth-order valence-corrected chi connectivity index (χ4v) is 2.07. The standard InChI is InChI=1S/C17H18N2O3/c1-4-9-18-16(20)12(3)22-17(21)14-10-11(2)19-15-8-6-5-7-13(14)15/h4-8,10,12H,1,9H2,2-3H3,(H,18,20)/t12-/m0/s1. The molecule has 1 atom stereocenters. The molecule has 0 aliphatic heterocycles. The van der Waals surface area contributed by atoms with Gasteiger partial charge in [-0.05, 0) is 26.0 Å². The van der Waals surface area contributed by atoms with E-state index in [4.69, 9.17) is 4.74 Å². The number of esters is 1. The van der Waals surface area contributed by atoms with Crippen molar-refractivity contribution in [1.82, 2.24) is 10.3 Å². The van der Waals surface area contributed by atoms with Crippen LogP contribution in [0.4, 0.5) is 0 Å². The lowest BCUT2D eigenvalue weighted by atomic mass is 10.1. The van der Waals surface area contributed by atoms with Gasteiger partial charge in [0, 0.05) is 17.6 Å². The van der Waals surface area contributed by atoms with Gasteiger partial charge in [-0.1, -0.05) is 24.3 Å². The van der Waals surface area contributed by atoms with Crippen LogP contribution in [0.2, 0.25) is 0 Å². The van der Waals surface area contributed by atoms with Gasteiger partial charge < -0.3 is 10.1 Å². The predicted molar refractivity (Wildman–Crippen MR) is 84.6 cm³/mol. The van der Waals surface area contributed by atoms with E-state index < -0.39 is 12.1 Å². The highest BCUT2D eigenvalue weighted by atomic mass is 16.5. The number of fused-ring (bicyclic) bond motifs is 1. The molecule has 114 valence electrons. The number of carbonyl (C=O) groups is 2. The lowest BCUT2D eigenvalue weighted by Crippen LogP contribution is -2.35. The van der Waals surface area contributed by atoms with Crippen LogP contribution in [0.15, 0.2) is 43.0 Å². The number of aryl methyl sites for hydroxylation is 1. The second-order valence-electron chi connectivity index (χ2n) is 4.91. The van der Waals surface area contributed by atoms with Crippen LogP contribution in [0.3, 0.4) is 0 Å². The molecular formula is C17H18N2O3. The Hall–Kier alpha value is -2.69. The first kappa shape index (κ1) is 15.7.